The average Bonchev–Trinajstić information content (AvgIpc) is 3.09. The number of carbonyl (C=O) groups is 2. The van der Waals surface area contributed by atoms with Crippen molar-refractivity contribution in [3.63, 3.8) is 0 Å². The summed E-state index contributed by atoms with van der Waals surface area (Å²) < 4.78 is 10.8. The molecule has 0 aliphatic carbocycles. The van der Waals surface area contributed by atoms with Crippen LogP contribution in [0.3, 0.4) is 0 Å². The lowest BCUT2D eigenvalue weighted by atomic mass is 10.0. The van der Waals surface area contributed by atoms with Gasteiger partial charge in [-0.05, 0) is 29.3 Å². The van der Waals surface area contributed by atoms with Crippen molar-refractivity contribution >= 4 is 17.4 Å². The van der Waals surface area contributed by atoms with E-state index < -0.39 is 0 Å². The molecule has 0 spiro atoms. The van der Waals surface area contributed by atoms with Crippen LogP contribution in [0.15, 0.2) is 48.4 Å². The van der Waals surface area contributed by atoms with E-state index in [1.165, 1.54) is 12.0 Å². The highest BCUT2D eigenvalue weighted by atomic mass is 16.5. The van der Waals surface area contributed by atoms with Gasteiger partial charge in [0.05, 0.1) is 32.9 Å². The van der Waals surface area contributed by atoms with Gasteiger partial charge in [0, 0.05) is 45.1 Å². The van der Waals surface area contributed by atoms with Gasteiger partial charge in [-0.1, -0.05) is 12.1 Å². The lowest BCUT2D eigenvalue weighted by Crippen LogP contribution is -2.48. The maximum atomic E-state index is 13.6. The third-order valence-electron chi connectivity index (χ3n) is 5.98. The van der Waals surface area contributed by atoms with E-state index in [0.717, 1.165) is 5.56 Å². The first-order chi connectivity index (χ1) is 16.1. The van der Waals surface area contributed by atoms with Gasteiger partial charge < -0.3 is 19.5 Å². The molecular formula is C24H28N4O5. The summed E-state index contributed by atoms with van der Waals surface area (Å²) in [4.78, 5) is 36.6. The second-order valence-corrected chi connectivity index (χ2v) is 7.90. The highest BCUT2D eigenvalue weighted by Crippen LogP contribution is 2.37. The summed E-state index contributed by atoms with van der Waals surface area (Å²) in [6, 6.07) is 8.87. The van der Waals surface area contributed by atoms with Gasteiger partial charge in [-0.3, -0.25) is 24.4 Å². The molecule has 0 unspecified atom stereocenters. The van der Waals surface area contributed by atoms with Crippen molar-refractivity contribution < 1.29 is 24.2 Å². The number of benzene rings is 1. The van der Waals surface area contributed by atoms with Crippen molar-refractivity contribution in [1.29, 1.82) is 0 Å². The number of β-amino-alcohol motifs (C(OH)–C–C–N with tert-alkyl or cyclic N) is 1. The van der Waals surface area contributed by atoms with Gasteiger partial charge in [0.1, 0.15) is 5.70 Å². The van der Waals surface area contributed by atoms with Gasteiger partial charge in [-0.25, -0.2) is 0 Å². The summed E-state index contributed by atoms with van der Waals surface area (Å²) in [5.74, 6) is 0.374. The summed E-state index contributed by atoms with van der Waals surface area (Å²) in [5, 5.41) is 9.23. The number of piperazine rings is 1. The number of hydrogen-bond acceptors (Lipinski definition) is 8. The molecule has 0 bridgehead atoms. The van der Waals surface area contributed by atoms with Crippen molar-refractivity contribution in [3.8, 4) is 11.5 Å². The second kappa shape index (κ2) is 10.0. The van der Waals surface area contributed by atoms with Gasteiger partial charge in [0.2, 0.25) is 0 Å². The fourth-order valence-electron chi connectivity index (χ4n) is 4.26. The van der Waals surface area contributed by atoms with Crippen molar-refractivity contribution in [2.24, 2.45) is 0 Å². The zero-order valence-electron chi connectivity index (χ0n) is 18.9. The molecule has 3 heterocycles. The largest absolute Gasteiger partial charge is 0.493 e. The molecule has 0 radical (unpaired) electrons. The molecule has 2 aliphatic rings. The van der Waals surface area contributed by atoms with E-state index in [9.17, 15) is 14.7 Å². The van der Waals surface area contributed by atoms with E-state index in [0.29, 0.717) is 61.1 Å². The number of methoxy groups -OCH3 is 2. The highest BCUT2D eigenvalue weighted by Gasteiger charge is 2.42. The number of pyridine rings is 1. The Bertz CT molecular complexity index is 1050. The third-order valence-corrected chi connectivity index (χ3v) is 5.98. The number of carbonyl (C=O) groups excluding carboxylic acids is 2. The predicted octanol–water partition coefficient (Wildman–Crippen LogP) is 0.989. The number of aromatic nitrogens is 1. The molecule has 2 aromatic rings. The first-order valence-corrected chi connectivity index (χ1v) is 10.9. The standard InChI is InChI=1S/C24H28N4O5/c1-32-19-6-5-18(14-20(19)33-2)21-22(27-10-8-26(9-11-27)12-13-29)24(31)28(23(21)30)16-17-4-3-7-25-15-17/h3-7,14-15,29H,8-13,16H2,1-2H3. The number of imide groups is 1. The molecule has 33 heavy (non-hydrogen) atoms. The van der Waals surface area contributed by atoms with E-state index in [1.54, 1.807) is 43.8 Å². The summed E-state index contributed by atoms with van der Waals surface area (Å²) in [5.41, 5.74) is 2.15. The molecule has 0 saturated carbocycles. The Morgan fingerprint density at radius 1 is 1.00 bits per heavy atom. The van der Waals surface area contributed by atoms with Crippen LogP contribution >= 0.6 is 0 Å². The molecule has 2 aliphatic heterocycles. The molecule has 1 N–H and O–H groups in total. The number of aliphatic hydroxyl groups excluding tert-OH is 1. The van der Waals surface area contributed by atoms with E-state index in [4.69, 9.17) is 9.47 Å². The van der Waals surface area contributed by atoms with Gasteiger partial charge in [-0.2, -0.15) is 0 Å². The Hall–Kier alpha value is -3.43. The first-order valence-electron chi connectivity index (χ1n) is 10.9. The minimum absolute atomic E-state index is 0.0931. The van der Waals surface area contributed by atoms with Gasteiger partial charge in [0.15, 0.2) is 11.5 Å². The Kier molecular flexibility index (Phi) is 6.90. The van der Waals surface area contributed by atoms with Crippen LogP contribution in [0, 0.1) is 0 Å². The van der Waals surface area contributed by atoms with E-state index in [1.807, 2.05) is 11.0 Å². The first kappa shape index (κ1) is 22.8. The second-order valence-electron chi connectivity index (χ2n) is 7.90. The number of rotatable bonds is 8. The summed E-state index contributed by atoms with van der Waals surface area (Å²) in [6.45, 7) is 3.42. The Balaban J connectivity index is 1.72. The lowest BCUT2D eigenvalue weighted by Gasteiger charge is -2.36. The van der Waals surface area contributed by atoms with Crippen LogP contribution in [0.5, 0.6) is 11.5 Å². The van der Waals surface area contributed by atoms with Crippen LogP contribution in [-0.4, -0.2) is 90.2 Å². The molecule has 9 heteroatoms. The molecular weight excluding hydrogens is 424 g/mol. The predicted molar refractivity (Wildman–Crippen MR) is 121 cm³/mol. The minimum Gasteiger partial charge on any atom is -0.493 e. The lowest BCUT2D eigenvalue weighted by molar-refractivity contribution is -0.138. The molecule has 2 amide bonds. The zero-order chi connectivity index (χ0) is 23.4. The quantitative estimate of drug-likeness (QED) is 0.593. The molecule has 9 nitrogen and oxygen atoms in total. The monoisotopic (exact) mass is 452 g/mol. The fourth-order valence-corrected chi connectivity index (χ4v) is 4.26. The molecule has 1 fully saturated rings. The molecule has 0 atom stereocenters. The number of ether oxygens (including phenoxy) is 2. The van der Waals surface area contributed by atoms with Crippen molar-refractivity contribution in [3.05, 3.63) is 59.5 Å². The van der Waals surface area contributed by atoms with Gasteiger partial charge in [-0.15, -0.1) is 0 Å². The fraction of sp³-hybridized carbons (Fsp3) is 0.375. The highest BCUT2D eigenvalue weighted by molar-refractivity contribution is 6.35. The SMILES string of the molecule is COc1ccc(C2=C(N3CCN(CCO)CC3)C(=O)N(Cc3cccnc3)C2=O)cc1OC. The van der Waals surface area contributed by atoms with E-state index in [2.05, 4.69) is 9.88 Å². The maximum absolute atomic E-state index is 13.6. The van der Waals surface area contributed by atoms with Crippen molar-refractivity contribution in [2.75, 3.05) is 53.6 Å². The molecule has 174 valence electrons. The molecule has 1 aromatic heterocycles. The van der Waals surface area contributed by atoms with Gasteiger partial charge >= 0.3 is 0 Å². The number of aliphatic hydroxyl groups is 1. The topological polar surface area (TPSA) is 95.4 Å². The number of hydrogen-bond donors (Lipinski definition) is 1. The molecule has 1 aromatic carbocycles. The molecule has 4 rings (SSSR count). The number of amides is 2. The summed E-state index contributed by atoms with van der Waals surface area (Å²) in [6.07, 6.45) is 3.31. The van der Waals surface area contributed by atoms with Crippen LogP contribution in [0.4, 0.5) is 0 Å². The third kappa shape index (κ3) is 4.55. The maximum Gasteiger partial charge on any atom is 0.278 e. The molecule has 1 saturated heterocycles. The van der Waals surface area contributed by atoms with Crippen LogP contribution in [0.1, 0.15) is 11.1 Å². The summed E-state index contributed by atoms with van der Waals surface area (Å²) >= 11 is 0. The zero-order valence-corrected chi connectivity index (χ0v) is 18.9. The van der Waals surface area contributed by atoms with Crippen molar-refractivity contribution in [1.82, 2.24) is 19.7 Å². The average molecular weight is 453 g/mol. The minimum atomic E-state index is -0.344. The smallest absolute Gasteiger partial charge is 0.278 e. The summed E-state index contributed by atoms with van der Waals surface area (Å²) in [7, 11) is 3.08. The van der Waals surface area contributed by atoms with Crippen LogP contribution in [-0.2, 0) is 16.1 Å². The Labute approximate surface area is 192 Å². The van der Waals surface area contributed by atoms with Crippen molar-refractivity contribution in [2.45, 2.75) is 6.54 Å². The van der Waals surface area contributed by atoms with Gasteiger partial charge in [0.25, 0.3) is 11.8 Å². The van der Waals surface area contributed by atoms with E-state index >= 15 is 0 Å². The van der Waals surface area contributed by atoms with Crippen LogP contribution in [0.25, 0.3) is 5.57 Å². The normalized spacial score (nSPS) is 17.2. The number of nitrogens with zero attached hydrogens (tertiary/aromatic N) is 4. The Morgan fingerprint density at radius 2 is 1.76 bits per heavy atom. The Morgan fingerprint density at radius 3 is 2.39 bits per heavy atom. The van der Waals surface area contributed by atoms with Crippen LogP contribution < -0.4 is 9.47 Å². The van der Waals surface area contributed by atoms with Crippen LogP contribution in [0.2, 0.25) is 0 Å². The van der Waals surface area contributed by atoms with E-state index in [-0.39, 0.29) is 25.0 Å².